The summed E-state index contributed by atoms with van der Waals surface area (Å²) in [5.74, 6) is 0. The molecule has 0 atom stereocenters. The molecule has 0 bridgehead atoms. The van der Waals surface area contributed by atoms with E-state index in [0.717, 1.165) is 0 Å². The predicted molar refractivity (Wildman–Crippen MR) is 132 cm³/mol. The smallest absolute Gasteiger partial charge is 0.353 e. The highest BCUT2D eigenvalue weighted by molar-refractivity contribution is 7.24. The first kappa shape index (κ1) is 29.3. The Bertz CT molecular complexity index is 317. The first-order valence-corrected chi connectivity index (χ1v) is 17.3. The molecule has 0 aromatic carbocycles. The zero-order valence-corrected chi connectivity index (χ0v) is 22.7. The average Bonchev–Trinajstić information content (AvgIpc) is 2.75. The minimum Gasteiger partial charge on any atom is -0.353 e. The van der Waals surface area contributed by atoms with E-state index in [1.165, 1.54) is 121 Å². The van der Waals surface area contributed by atoms with E-state index in [1.54, 1.807) is 21.3 Å². The van der Waals surface area contributed by atoms with Gasteiger partial charge in [-0.3, -0.25) is 0 Å². The predicted octanol–water partition coefficient (Wildman–Crippen LogP) is 8.11. The molecule has 0 aliphatic rings. The van der Waals surface area contributed by atoms with E-state index in [4.69, 9.17) is 13.3 Å². The van der Waals surface area contributed by atoms with E-state index in [1.807, 2.05) is 0 Å². The molecular formula is C24H53O3Si2+. The molecule has 5 heteroatoms. The van der Waals surface area contributed by atoms with Gasteiger partial charge in [-0.2, -0.15) is 0 Å². The van der Waals surface area contributed by atoms with Crippen molar-refractivity contribution in [3.63, 3.8) is 0 Å². The van der Waals surface area contributed by atoms with E-state index in [9.17, 15) is 0 Å². The van der Waals surface area contributed by atoms with E-state index in [0.29, 0.717) is 0 Å². The molecule has 0 aliphatic carbocycles. The molecule has 0 amide bonds. The van der Waals surface area contributed by atoms with Crippen LogP contribution in [-0.2, 0) is 13.3 Å². The van der Waals surface area contributed by atoms with Crippen LogP contribution in [0.1, 0.15) is 123 Å². The zero-order chi connectivity index (χ0) is 21.6. The van der Waals surface area contributed by atoms with Crippen LogP contribution < -0.4 is 0 Å². The molecule has 0 N–H and O–H groups in total. The second-order valence-electron chi connectivity index (χ2n) is 8.58. The summed E-state index contributed by atoms with van der Waals surface area (Å²) >= 11 is 0. The summed E-state index contributed by atoms with van der Waals surface area (Å²) in [6, 6.07) is 2.52. The van der Waals surface area contributed by atoms with Crippen LogP contribution in [0.5, 0.6) is 0 Å². The molecular weight excluding hydrogens is 392 g/mol. The summed E-state index contributed by atoms with van der Waals surface area (Å²) in [6.07, 6.45) is 24.0. The molecule has 0 unspecified atom stereocenters. The van der Waals surface area contributed by atoms with Gasteiger partial charge in [0.05, 0.1) is 12.1 Å². The summed E-state index contributed by atoms with van der Waals surface area (Å²) in [5, 5.41) is 0. The lowest BCUT2D eigenvalue weighted by Crippen LogP contribution is -2.57. The van der Waals surface area contributed by atoms with Crippen molar-refractivity contribution in [1.29, 1.82) is 0 Å². The number of hydrogen-bond acceptors (Lipinski definition) is 3. The standard InChI is InChI=1S/C24H53O3Si2/c1-6-8-9-10-11-12-13-14-15-16-17-18-19-20-21-22-24-28(23-7-2)29(25-3,26-4)27-5/h6-24H2,1-5H3/q+1. The summed E-state index contributed by atoms with van der Waals surface area (Å²) in [5.41, 5.74) is 0. The second kappa shape index (κ2) is 21.5. The van der Waals surface area contributed by atoms with Crippen molar-refractivity contribution in [3.05, 3.63) is 0 Å². The van der Waals surface area contributed by atoms with Crippen molar-refractivity contribution in [1.82, 2.24) is 0 Å². The van der Waals surface area contributed by atoms with Crippen LogP contribution in [0.3, 0.4) is 0 Å². The summed E-state index contributed by atoms with van der Waals surface area (Å²) < 4.78 is 17.3. The first-order chi connectivity index (χ1) is 14.2. The fourth-order valence-electron chi connectivity index (χ4n) is 4.30. The van der Waals surface area contributed by atoms with Gasteiger partial charge in [-0.15, -0.1) is 0 Å². The average molecular weight is 446 g/mol. The van der Waals surface area contributed by atoms with Crippen LogP contribution in [0, 0.1) is 0 Å². The Kier molecular flexibility index (Phi) is 21.8. The Morgan fingerprint density at radius 1 is 0.448 bits per heavy atom. The van der Waals surface area contributed by atoms with Crippen LogP contribution in [0.25, 0.3) is 0 Å². The number of hydrogen-bond donors (Lipinski definition) is 0. The van der Waals surface area contributed by atoms with Crippen molar-refractivity contribution in [2.45, 2.75) is 135 Å². The van der Waals surface area contributed by atoms with Gasteiger partial charge in [-0.05, 0) is 12.8 Å². The molecule has 0 spiro atoms. The highest BCUT2D eigenvalue weighted by Gasteiger charge is 2.62. The van der Waals surface area contributed by atoms with Crippen LogP contribution in [0.15, 0.2) is 0 Å². The molecule has 0 saturated carbocycles. The first-order valence-electron chi connectivity index (χ1n) is 12.7. The molecule has 0 aromatic heterocycles. The Hall–Kier alpha value is 0.314. The third-order valence-electron chi connectivity index (χ3n) is 6.12. The van der Waals surface area contributed by atoms with Gasteiger partial charge in [-0.1, -0.05) is 110 Å². The van der Waals surface area contributed by atoms with Crippen molar-refractivity contribution in [2.75, 3.05) is 21.3 Å². The lowest BCUT2D eigenvalue weighted by molar-refractivity contribution is 0.146. The molecule has 0 aromatic rings. The fourth-order valence-corrected chi connectivity index (χ4v) is 13.5. The Morgan fingerprint density at radius 2 is 0.793 bits per heavy atom. The van der Waals surface area contributed by atoms with E-state index >= 15 is 0 Å². The molecule has 0 rings (SSSR count). The molecule has 0 aliphatic heterocycles. The molecule has 0 fully saturated rings. The zero-order valence-electron chi connectivity index (χ0n) is 20.7. The second-order valence-corrected chi connectivity index (χ2v) is 17.1. The normalized spacial score (nSPS) is 11.9. The SMILES string of the molecule is CCCCCCCCCCCCCCCCCC[Si+](CCC)[Si](OC)(OC)OC. The van der Waals surface area contributed by atoms with Gasteiger partial charge >= 0.3 is 16.6 Å². The van der Waals surface area contributed by atoms with Crippen LogP contribution >= 0.6 is 0 Å². The summed E-state index contributed by atoms with van der Waals surface area (Å²) in [6.45, 7) is 4.56. The minimum atomic E-state index is -2.37. The lowest BCUT2D eigenvalue weighted by Gasteiger charge is -2.20. The molecule has 0 heterocycles. The molecule has 0 saturated heterocycles. The Labute approximate surface area is 186 Å². The Balaban J connectivity index is 3.55. The maximum absolute atomic E-state index is 5.77. The van der Waals surface area contributed by atoms with Gasteiger partial charge in [0.25, 0.3) is 0 Å². The maximum atomic E-state index is 5.77. The fraction of sp³-hybridized carbons (Fsp3) is 1.00. The van der Waals surface area contributed by atoms with Gasteiger partial charge < -0.3 is 13.3 Å². The van der Waals surface area contributed by atoms with Crippen molar-refractivity contribution < 1.29 is 13.3 Å². The lowest BCUT2D eigenvalue weighted by atomic mass is 10.0. The van der Waals surface area contributed by atoms with Gasteiger partial charge in [0.1, 0.15) is 0 Å². The van der Waals surface area contributed by atoms with Crippen molar-refractivity contribution in [3.8, 4) is 0 Å². The molecule has 174 valence electrons. The van der Waals surface area contributed by atoms with E-state index in [2.05, 4.69) is 13.8 Å². The van der Waals surface area contributed by atoms with Gasteiger partial charge in [0.2, 0.25) is 0 Å². The van der Waals surface area contributed by atoms with Crippen molar-refractivity contribution >= 4 is 16.6 Å². The number of rotatable bonds is 23. The molecule has 29 heavy (non-hydrogen) atoms. The topological polar surface area (TPSA) is 27.7 Å². The molecule has 3 nitrogen and oxygen atoms in total. The third-order valence-corrected chi connectivity index (χ3v) is 16.6. The number of unbranched alkanes of at least 4 members (excludes halogenated alkanes) is 15. The van der Waals surface area contributed by atoms with Gasteiger partial charge in [0, 0.05) is 21.3 Å². The van der Waals surface area contributed by atoms with Crippen LogP contribution in [-0.4, -0.2) is 38.0 Å². The monoisotopic (exact) mass is 445 g/mol. The third kappa shape index (κ3) is 14.9. The van der Waals surface area contributed by atoms with Crippen molar-refractivity contribution in [2.24, 2.45) is 0 Å². The minimum absolute atomic E-state index is 0.692. The highest BCUT2D eigenvalue weighted by atomic mass is 29.3. The Morgan fingerprint density at radius 3 is 1.10 bits per heavy atom. The largest absolute Gasteiger partial charge is 0.674 e. The quantitative estimate of drug-likeness (QED) is 0.117. The van der Waals surface area contributed by atoms with E-state index in [-0.39, 0.29) is 0 Å². The van der Waals surface area contributed by atoms with Gasteiger partial charge in [0.15, 0.2) is 0 Å². The van der Waals surface area contributed by atoms with E-state index < -0.39 is 16.6 Å². The van der Waals surface area contributed by atoms with Crippen LogP contribution in [0.2, 0.25) is 12.1 Å². The van der Waals surface area contributed by atoms with Gasteiger partial charge in [-0.25, -0.2) is 0 Å². The summed E-state index contributed by atoms with van der Waals surface area (Å²) in [7, 11) is 2.25. The molecule has 0 radical (unpaired) electrons. The summed E-state index contributed by atoms with van der Waals surface area (Å²) in [4.78, 5) is 0. The van der Waals surface area contributed by atoms with Crippen LogP contribution in [0.4, 0.5) is 0 Å². The highest BCUT2D eigenvalue weighted by Crippen LogP contribution is 2.22. The maximum Gasteiger partial charge on any atom is 0.674 e.